The predicted molar refractivity (Wildman–Crippen MR) is 158 cm³/mol. The van der Waals surface area contributed by atoms with Gasteiger partial charge in [0.15, 0.2) is 5.75 Å². The Labute approximate surface area is 256 Å². The van der Waals surface area contributed by atoms with Crippen LogP contribution in [0.3, 0.4) is 0 Å². The minimum Gasteiger partial charge on any atom is -0.459 e. The lowest BCUT2D eigenvalue weighted by atomic mass is 9.77. The molecular weight excluding hydrogens is 596 g/mol. The quantitative estimate of drug-likeness (QED) is 0.202. The van der Waals surface area contributed by atoms with Gasteiger partial charge in [-0.1, -0.05) is 42.5 Å². The number of benzene rings is 3. The molecule has 1 atom stereocenters. The molecule has 9 nitrogen and oxygen atoms in total. The zero-order valence-electron chi connectivity index (χ0n) is 24.6. The Morgan fingerprint density at radius 2 is 1.40 bits per heavy atom. The molecule has 0 aromatic heterocycles. The normalized spacial score (nSPS) is 17.9. The van der Waals surface area contributed by atoms with Crippen molar-refractivity contribution in [3.63, 3.8) is 0 Å². The minimum atomic E-state index is -1.75. The molecule has 13 heteroatoms. The number of halogens is 4. The maximum Gasteiger partial charge on any atom is 0.315 e. The molecule has 0 bridgehead atoms. The van der Waals surface area contributed by atoms with Crippen molar-refractivity contribution < 1.29 is 41.5 Å². The predicted octanol–water partition coefficient (Wildman–Crippen LogP) is 4.52. The van der Waals surface area contributed by atoms with E-state index in [1.165, 1.54) is 0 Å². The number of aliphatic imine (C=N–C) groups is 1. The molecule has 2 aliphatic rings. The summed E-state index contributed by atoms with van der Waals surface area (Å²) in [4.78, 5) is 53.9. The number of para-hydroxylation sites is 1. The summed E-state index contributed by atoms with van der Waals surface area (Å²) < 4.78 is 60.6. The average Bonchev–Trinajstić information content (AvgIpc) is 3.13. The van der Waals surface area contributed by atoms with E-state index in [0.717, 1.165) is 20.7 Å². The number of hydrogen-bond donors (Lipinski definition) is 0. The molecule has 1 spiro atoms. The second-order valence-corrected chi connectivity index (χ2v) is 11.6. The number of carbonyl (C=O) groups excluding carboxylic acids is 4. The van der Waals surface area contributed by atoms with Gasteiger partial charge in [0.1, 0.15) is 5.69 Å². The molecule has 0 fully saturated rings. The molecule has 236 valence electrons. The highest BCUT2D eigenvalue weighted by Gasteiger charge is 2.60. The number of carbonyl (C=O) groups is 4. The SMILES string of the molecule is CC1(C)c2ccccc2N(CCN(CC(=O)F)CC(=O)F)C12C=Nc1c(c(CN(CC(=O)F)CC(=O)F)cc3ccccc13)O2. The van der Waals surface area contributed by atoms with Gasteiger partial charge in [0, 0.05) is 36.3 Å². The molecule has 0 saturated carbocycles. The molecule has 3 aromatic rings. The summed E-state index contributed by atoms with van der Waals surface area (Å²) >= 11 is 0. The van der Waals surface area contributed by atoms with Crippen LogP contribution in [0.25, 0.3) is 10.8 Å². The first-order valence-electron chi connectivity index (χ1n) is 14.2. The molecule has 45 heavy (non-hydrogen) atoms. The third kappa shape index (κ3) is 6.22. The maximum atomic E-state index is 13.5. The van der Waals surface area contributed by atoms with Crippen LogP contribution in [0.15, 0.2) is 59.6 Å². The van der Waals surface area contributed by atoms with Gasteiger partial charge in [-0.3, -0.25) is 34.0 Å². The highest BCUT2D eigenvalue weighted by molar-refractivity contribution is 6.01. The van der Waals surface area contributed by atoms with Crippen LogP contribution in [0.2, 0.25) is 0 Å². The van der Waals surface area contributed by atoms with Crippen molar-refractivity contribution >= 4 is 52.5 Å². The Hall–Kier alpha value is -4.49. The van der Waals surface area contributed by atoms with Gasteiger partial charge in [-0.25, -0.2) is 0 Å². The lowest BCUT2D eigenvalue weighted by molar-refractivity contribution is -0.135. The van der Waals surface area contributed by atoms with Crippen LogP contribution in [0.1, 0.15) is 25.0 Å². The molecule has 2 heterocycles. The van der Waals surface area contributed by atoms with E-state index in [2.05, 4.69) is 0 Å². The van der Waals surface area contributed by atoms with E-state index >= 15 is 0 Å². The van der Waals surface area contributed by atoms with E-state index in [-0.39, 0.29) is 25.4 Å². The molecule has 1 unspecified atom stereocenters. The summed E-state index contributed by atoms with van der Waals surface area (Å²) in [7, 11) is 0. The van der Waals surface area contributed by atoms with Gasteiger partial charge in [-0.15, -0.1) is 0 Å². The monoisotopic (exact) mass is 626 g/mol. The first-order chi connectivity index (χ1) is 21.3. The Kier molecular flexibility index (Phi) is 8.86. The van der Waals surface area contributed by atoms with Gasteiger partial charge in [-0.05, 0) is 36.9 Å². The smallest absolute Gasteiger partial charge is 0.315 e. The van der Waals surface area contributed by atoms with Gasteiger partial charge in [-0.2, -0.15) is 17.6 Å². The van der Waals surface area contributed by atoms with Crippen molar-refractivity contribution in [2.75, 3.05) is 44.2 Å². The van der Waals surface area contributed by atoms with E-state index in [0.29, 0.717) is 22.3 Å². The lowest BCUT2D eigenvalue weighted by Crippen LogP contribution is -2.63. The molecule has 0 saturated heterocycles. The van der Waals surface area contributed by atoms with Crippen molar-refractivity contribution in [1.29, 1.82) is 0 Å². The topological polar surface area (TPSA) is 99.6 Å². The van der Waals surface area contributed by atoms with Crippen LogP contribution in [0.4, 0.5) is 28.9 Å². The van der Waals surface area contributed by atoms with Crippen LogP contribution in [0, 0.1) is 0 Å². The minimum absolute atomic E-state index is 0.0457. The summed E-state index contributed by atoms with van der Waals surface area (Å²) in [5.41, 5.74) is 0.194. The standard InChI is InChI=1S/C32H30F4N4O5/c1-31(2)23-9-5-6-10-24(23)40(12-11-38(15-25(33)41)16-26(34)42)32(31)19-37-29-22-8-4-3-7-20(22)13-21(30(29)45-32)14-39(17-27(35)43)18-28(36)44/h3-10,13,19H,11-12,14-18H2,1-2H3. The Morgan fingerprint density at radius 1 is 0.822 bits per heavy atom. The third-order valence-electron chi connectivity index (χ3n) is 8.27. The van der Waals surface area contributed by atoms with Crippen LogP contribution in [0.5, 0.6) is 5.75 Å². The van der Waals surface area contributed by atoms with E-state index < -0.39 is 61.5 Å². The molecule has 5 rings (SSSR count). The zero-order valence-corrected chi connectivity index (χ0v) is 24.6. The Morgan fingerprint density at radius 3 is 2.04 bits per heavy atom. The van der Waals surface area contributed by atoms with Crippen LogP contribution >= 0.6 is 0 Å². The fourth-order valence-corrected chi connectivity index (χ4v) is 6.27. The second kappa shape index (κ2) is 12.5. The number of hydrogen-bond acceptors (Lipinski definition) is 9. The van der Waals surface area contributed by atoms with E-state index in [9.17, 15) is 36.7 Å². The molecule has 0 aliphatic carbocycles. The molecule has 0 amide bonds. The first-order valence-corrected chi connectivity index (χ1v) is 14.2. The van der Waals surface area contributed by atoms with Gasteiger partial charge < -0.3 is 9.64 Å². The van der Waals surface area contributed by atoms with Crippen molar-refractivity contribution in [2.45, 2.75) is 31.5 Å². The number of rotatable bonds is 13. The summed E-state index contributed by atoms with van der Waals surface area (Å²) in [5, 5.41) is 1.44. The first kappa shape index (κ1) is 31.9. The van der Waals surface area contributed by atoms with E-state index in [4.69, 9.17) is 9.73 Å². The number of anilines is 1. The van der Waals surface area contributed by atoms with Gasteiger partial charge in [0.05, 0.1) is 37.8 Å². The van der Waals surface area contributed by atoms with Crippen LogP contribution < -0.4 is 9.64 Å². The highest BCUT2D eigenvalue weighted by atomic mass is 19.1. The largest absolute Gasteiger partial charge is 0.459 e. The second-order valence-electron chi connectivity index (χ2n) is 11.6. The Balaban J connectivity index is 1.62. The Bertz CT molecular complexity index is 1680. The fraction of sp³-hybridized carbons (Fsp3) is 0.344. The maximum absolute atomic E-state index is 13.5. The third-order valence-corrected chi connectivity index (χ3v) is 8.27. The molecule has 2 aliphatic heterocycles. The molecule has 3 aromatic carbocycles. The van der Waals surface area contributed by atoms with Crippen molar-refractivity contribution in [1.82, 2.24) is 9.80 Å². The van der Waals surface area contributed by atoms with Crippen LogP contribution in [-0.4, -0.2) is 85.2 Å². The number of fused-ring (bicyclic) bond motifs is 4. The van der Waals surface area contributed by atoms with Crippen molar-refractivity contribution in [3.05, 3.63) is 65.7 Å². The van der Waals surface area contributed by atoms with Gasteiger partial charge in [0.25, 0.3) is 0 Å². The lowest BCUT2D eigenvalue weighted by Gasteiger charge is -2.47. The summed E-state index contributed by atoms with van der Waals surface area (Å²) in [6.45, 7) is 0.332. The average molecular weight is 627 g/mol. The fourth-order valence-electron chi connectivity index (χ4n) is 6.27. The molecule has 0 N–H and O–H groups in total. The molecular formula is C32H30F4N4O5. The van der Waals surface area contributed by atoms with Crippen molar-refractivity contribution in [3.8, 4) is 5.75 Å². The van der Waals surface area contributed by atoms with E-state index in [1.807, 2.05) is 61.2 Å². The van der Waals surface area contributed by atoms with Gasteiger partial charge in [0.2, 0.25) is 5.72 Å². The summed E-state index contributed by atoms with van der Waals surface area (Å²) in [5.74, 6) is 0.249. The van der Waals surface area contributed by atoms with E-state index in [1.54, 1.807) is 18.3 Å². The number of ether oxygens (including phenoxy) is 1. The summed E-state index contributed by atoms with van der Waals surface area (Å²) in [6.07, 6.45) is 1.63. The molecule has 0 radical (unpaired) electrons. The van der Waals surface area contributed by atoms with Crippen molar-refractivity contribution in [2.24, 2.45) is 4.99 Å². The van der Waals surface area contributed by atoms with Crippen LogP contribution in [-0.2, 0) is 31.1 Å². The zero-order chi connectivity index (χ0) is 32.5. The summed E-state index contributed by atoms with van der Waals surface area (Å²) in [6, 6.07) is 9.45. The highest BCUT2D eigenvalue weighted by Crippen LogP contribution is 2.55. The number of nitrogens with zero attached hydrogens (tertiary/aromatic N) is 4. The van der Waals surface area contributed by atoms with Gasteiger partial charge >= 0.3 is 24.1 Å².